The Bertz CT molecular complexity index is 2750. The van der Waals surface area contributed by atoms with E-state index in [2.05, 4.69) is 67.2 Å². The first-order valence-corrected chi connectivity index (χ1v) is 23.0. The Morgan fingerprint density at radius 2 is 1.79 bits per heavy atom. The first-order valence-electron chi connectivity index (χ1n) is 23.0. The first kappa shape index (κ1) is 44.8. The van der Waals surface area contributed by atoms with Crippen LogP contribution >= 0.6 is 0 Å². The highest BCUT2D eigenvalue weighted by atomic mass is 16.3. The number of aliphatic hydroxyl groups excluding tert-OH is 1. The van der Waals surface area contributed by atoms with Gasteiger partial charge in [-0.05, 0) is 106 Å². The Morgan fingerprint density at radius 1 is 1.00 bits per heavy atom. The number of carbonyl (C=O) groups is 2. The van der Waals surface area contributed by atoms with Crippen molar-refractivity contribution in [3.8, 4) is 11.3 Å². The number of carbonyl (C=O) groups excluding carboxylic acids is 2. The van der Waals surface area contributed by atoms with Crippen molar-refractivity contribution >= 4 is 46.2 Å². The number of hydrogen-bond acceptors (Lipinski definition) is 12. The molecule has 7 heterocycles. The average molecular weight is 896 g/mol. The molecule has 1 atom stereocenters. The van der Waals surface area contributed by atoms with Crippen molar-refractivity contribution in [2.75, 3.05) is 64.6 Å². The first-order chi connectivity index (χ1) is 31.5. The lowest BCUT2D eigenvalue weighted by molar-refractivity contribution is -0.111. The molecule has 2 saturated heterocycles. The van der Waals surface area contributed by atoms with Crippen LogP contribution in [-0.4, -0.2) is 102 Å². The van der Waals surface area contributed by atoms with E-state index < -0.39 is 12.2 Å². The second-order valence-corrected chi connectivity index (χ2v) is 19.6. The third-order valence-electron chi connectivity index (χ3n) is 13.8. The van der Waals surface area contributed by atoms with Crippen LogP contribution in [0.2, 0.25) is 0 Å². The normalized spacial score (nSPS) is 18.9. The Labute approximate surface area is 385 Å². The molecule has 5 aromatic rings. The molecule has 2 fully saturated rings. The van der Waals surface area contributed by atoms with Gasteiger partial charge in [0, 0.05) is 99.8 Å². The van der Waals surface area contributed by atoms with Crippen LogP contribution in [0, 0.1) is 5.41 Å². The zero-order chi connectivity index (χ0) is 46.7. The molecule has 2 amide bonds. The van der Waals surface area contributed by atoms with Gasteiger partial charge in [0.2, 0.25) is 5.91 Å². The van der Waals surface area contributed by atoms with Gasteiger partial charge in [-0.1, -0.05) is 20.4 Å². The number of benzene rings is 1. The van der Waals surface area contributed by atoms with Crippen molar-refractivity contribution in [2.24, 2.45) is 12.5 Å². The summed E-state index contributed by atoms with van der Waals surface area (Å²) in [7, 11) is 1.64. The van der Waals surface area contributed by atoms with Gasteiger partial charge >= 0.3 is 0 Å². The standard InChI is InChI=1S/C50H61N11O5/c1-8-44(63)54-38-24-33(9-11-40(38)59-20-19-58(28-31(59)2)34-14-17-57(18-15-34)35-10-12-43(52-27-35)50(5,6)66)53-45-48(65)56(7)29-39(55-45)36-13-16-51-46(37(36)30-62)61-22-21-60-41(47(61)64)23-32-25-49(3,4)26-42(32)60/h8-13,16,23-24,27,29,31,34,62,66H,1,14-15,17-22,25-26,28,30H2,2-7H3,(H,53,55)(H,54,63)/t31-/m0/s1. The molecule has 16 heteroatoms. The molecular formula is C50H61N11O5. The van der Waals surface area contributed by atoms with Crippen molar-refractivity contribution in [1.29, 1.82) is 0 Å². The van der Waals surface area contributed by atoms with Gasteiger partial charge in [-0.15, -0.1) is 0 Å². The predicted octanol–water partition coefficient (Wildman–Crippen LogP) is 5.59. The molecule has 4 aromatic heterocycles. The average Bonchev–Trinajstić information content (AvgIpc) is 3.79. The number of piperazine rings is 1. The topological polar surface area (TPSA) is 177 Å². The number of nitrogens with one attached hydrogen (secondary N) is 2. The zero-order valence-corrected chi connectivity index (χ0v) is 38.8. The van der Waals surface area contributed by atoms with Gasteiger partial charge < -0.3 is 39.8 Å². The Hall–Kier alpha value is -6.36. The van der Waals surface area contributed by atoms with E-state index in [9.17, 15) is 24.6 Å². The maximum atomic E-state index is 14.0. The van der Waals surface area contributed by atoms with Gasteiger partial charge in [-0.3, -0.25) is 29.2 Å². The summed E-state index contributed by atoms with van der Waals surface area (Å²) in [5.41, 5.74) is 6.99. The highest BCUT2D eigenvalue weighted by Gasteiger charge is 2.38. The molecule has 0 radical (unpaired) electrons. The molecule has 0 bridgehead atoms. The summed E-state index contributed by atoms with van der Waals surface area (Å²) in [6.07, 6.45) is 10.2. The maximum Gasteiger partial charge on any atom is 0.293 e. The summed E-state index contributed by atoms with van der Waals surface area (Å²) in [4.78, 5) is 63.4. The molecule has 4 aliphatic rings. The number of aromatic nitrogens is 5. The number of nitrogens with zero attached hydrogens (tertiary/aromatic N) is 9. The predicted molar refractivity (Wildman–Crippen MR) is 258 cm³/mol. The lowest BCUT2D eigenvalue weighted by Gasteiger charge is -2.47. The van der Waals surface area contributed by atoms with Crippen molar-refractivity contribution in [3.05, 3.63) is 112 Å². The van der Waals surface area contributed by atoms with Crippen molar-refractivity contribution in [3.63, 3.8) is 0 Å². The minimum Gasteiger partial charge on any atom is -0.392 e. The number of aliphatic hydroxyl groups is 2. The lowest BCUT2D eigenvalue weighted by atomic mass is 9.90. The molecule has 346 valence electrons. The summed E-state index contributed by atoms with van der Waals surface area (Å²) in [6.45, 7) is 18.8. The highest BCUT2D eigenvalue weighted by molar-refractivity contribution is 6.06. The second kappa shape index (κ2) is 17.5. The van der Waals surface area contributed by atoms with Gasteiger partial charge in [0.15, 0.2) is 5.82 Å². The van der Waals surface area contributed by atoms with Crippen LogP contribution < -0.4 is 30.9 Å². The molecule has 1 aromatic carbocycles. The zero-order valence-electron chi connectivity index (χ0n) is 38.8. The largest absolute Gasteiger partial charge is 0.392 e. The minimum absolute atomic E-state index is 0.0470. The van der Waals surface area contributed by atoms with E-state index in [1.165, 1.54) is 21.9 Å². The number of amides is 2. The molecule has 66 heavy (non-hydrogen) atoms. The molecule has 1 aliphatic carbocycles. The lowest BCUT2D eigenvalue weighted by Crippen LogP contribution is -2.57. The van der Waals surface area contributed by atoms with Crippen molar-refractivity contribution in [2.45, 2.75) is 91.1 Å². The highest BCUT2D eigenvalue weighted by Crippen LogP contribution is 2.40. The van der Waals surface area contributed by atoms with Crippen LogP contribution in [0.25, 0.3) is 11.3 Å². The Kier molecular flexibility index (Phi) is 11.9. The van der Waals surface area contributed by atoms with Gasteiger partial charge in [0.05, 0.1) is 41.3 Å². The van der Waals surface area contributed by atoms with E-state index in [-0.39, 0.29) is 34.6 Å². The molecule has 0 spiro atoms. The summed E-state index contributed by atoms with van der Waals surface area (Å²) < 4.78 is 3.58. The van der Waals surface area contributed by atoms with Crippen LogP contribution in [0.15, 0.2) is 78.5 Å². The summed E-state index contributed by atoms with van der Waals surface area (Å²) in [5.74, 6) is -0.110. The molecule has 3 aliphatic heterocycles. The summed E-state index contributed by atoms with van der Waals surface area (Å²) >= 11 is 0. The van der Waals surface area contributed by atoms with E-state index in [0.717, 1.165) is 69.8 Å². The van der Waals surface area contributed by atoms with Crippen LogP contribution in [0.4, 0.5) is 34.4 Å². The molecule has 16 nitrogen and oxygen atoms in total. The Balaban J connectivity index is 0.914. The number of piperidine rings is 1. The third-order valence-corrected chi connectivity index (χ3v) is 13.8. The van der Waals surface area contributed by atoms with E-state index in [0.29, 0.717) is 64.5 Å². The fourth-order valence-electron chi connectivity index (χ4n) is 10.4. The number of aryl methyl sites for hydroxylation is 1. The molecule has 4 N–H and O–H groups in total. The van der Waals surface area contributed by atoms with Crippen LogP contribution in [-0.2, 0) is 43.4 Å². The number of fused-ring (bicyclic) bond motifs is 3. The summed E-state index contributed by atoms with van der Waals surface area (Å²) in [5, 5.41) is 27.4. The fraction of sp³-hybridized carbons (Fsp3) is 0.440. The molecule has 0 unspecified atom stereocenters. The number of hydrogen-bond donors (Lipinski definition) is 4. The fourth-order valence-corrected chi connectivity index (χ4v) is 10.4. The van der Waals surface area contributed by atoms with Gasteiger partial charge in [0.1, 0.15) is 17.1 Å². The van der Waals surface area contributed by atoms with E-state index in [4.69, 9.17) is 4.98 Å². The Morgan fingerprint density at radius 3 is 2.48 bits per heavy atom. The smallest absolute Gasteiger partial charge is 0.293 e. The second-order valence-electron chi connectivity index (χ2n) is 19.6. The minimum atomic E-state index is -0.974. The third kappa shape index (κ3) is 8.60. The number of rotatable bonds is 11. The van der Waals surface area contributed by atoms with Gasteiger partial charge in [-0.2, -0.15) is 0 Å². The molecular weight excluding hydrogens is 835 g/mol. The maximum absolute atomic E-state index is 14.0. The molecule has 9 rings (SSSR count). The molecule has 0 saturated carbocycles. The number of anilines is 6. The van der Waals surface area contributed by atoms with Crippen molar-refractivity contribution < 1.29 is 19.8 Å². The van der Waals surface area contributed by atoms with Gasteiger partial charge in [-0.25, -0.2) is 9.97 Å². The quantitative estimate of drug-likeness (QED) is 0.121. The van der Waals surface area contributed by atoms with Crippen LogP contribution in [0.5, 0.6) is 0 Å². The van der Waals surface area contributed by atoms with E-state index >= 15 is 0 Å². The van der Waals surface area contributed by atoms with E-state index in [1.54, 1.807) is 50.3 Å². The van der Waals surface area contributed by atoms with Crippen LogP contribution in [0.1, 0.15) is 80.5 Å². The monoisotopic (exact) mass is 895 g/mol. The van der Waals surface area contributed by atoms with Crippen LogP contribution in [0.3, 0.4) is 0 Å². The van der Waals surface area contributed by atoms with Gasteiger partial charge in [0.25, 0.3) is 11.5 Å². The number of pyridine rings is 2. The summed E-state index contributed by atoms with van der Waals surface area (Å²) in [6, 6.07) is 13.9. The van der Waals surface area contributed by atoms with E-state index in [1.807, 2.05) is 36.5 Å². The van der Waals surface area contributed by atoms with Crippen molar-refractivity contribution in [1.82, 2.24) is 29.0 Å². The SMILES string of the molecule is C=CC(=O)Nc1cc(Nc2nc(-c3ccnc(N4CCn5c(cc6c5CC(C)(C)C6)C4=O)c3CO)cn(C)c2=O)ccc1N1CCN(C2CCN(c3ccc(C(C)(C)O)nc3)CC2)C[C@@H]1C.